The zero-order chi connectivity index (χ0) is 26.0. The Hall–Kier alpha value is -1.71. The molecule has 0 radical (unpaired) electrons. The SMILES string of the molecule is O=C(NCC1(N2CCOCC2)CCCCC1)C1CCC2NNC(c3ccc(N4CCC(O)CC4)cc3)C2C1. The zero-order valence-corrected chi connectivity index (χ0v) is 22.9. The first-order valence-corrected chi connectivity index (χ1v) is 15.3. The molecule has 1 aromatic carbocycles. The maximum atomic E-state index is 13.5. The van der Waals surface area contributed by atoms with Crippen molar-refractivity contribution >= 4 is 11.6 Å². The van der Waals surface area contributed by atoms with Crippen LogP contribution in [0.5, 0.6) is 0 Å². The van der Waals surface area contributed by atoms with E-state index < -0.39 is 0 Å². The number of hydrogen-bond donors (Lipinski definition) is 4. The van der Waals surface area contributed by atoms with E-state index in [2.05, 4.69) is 50.2 Å². The fraction of sp³-hybridized carbons (Fsp3) is 0.767. The lowest BCUT2D eigenvalue weighted by Crippen LogP contribution is -2.60. The number of amides is 1. The monoisotopic (exact) mass is 525 g/mol. The Morgan fingerprint density at radius 3 is 2.45 bits per heavy atom. The molecule has 2 aliphatic carbocycles. The Balaban J connectivity index is 1.07. The number of nitrogens with one attached hydrogen (secondary N) is 3. The second-order valence-corrected chi connectivity index (χ2v) is 12.5. The van der Waals surface area contributed by atoms with Gasteiger partial charge in [-0.1, -0.05) is 31.4 Å². The molecule has 6 rings (SSSR count). The molecule has 0 spiro atoms. The maximum Gasteiger partial charge on any atom is 0.223 e. The fourth-order valence-corrected chi connectivity index (χ4v) is 7.89. The number of anilines is 1. The molecule has 0 bridgehead atoms. The van der Waals surface area contributed by atoms with Crippen molar-refractivity contribution < 1.29 is 14.6 Å². The van der Waals surface area contributed by atoms with Crippen molar-refractivity contribution in [1.29, 1.82) is 0 Å². The van der Waals surface area contributed by atoms with Crippen LogP contribution in [-0.2, 0) is 9.53 Å². The number of benzene rings is 1. The average Bonchev–Trinajstić information content (AvgIpc) is 3.41. The third-order valence-corrected chi connectivity index (χ3v) is 10.3. The number of hydrogen-bond acceptors (Lipinski definition) is 7. The van der Waals surface area contributed by atoms with Gasteiger partial charge in [-0.3, -0.25) is 15.1 Å². The highest BCUT2D eigenvalue weighted by Gasteiger charge is 2.44. The van der Waals surface area contributed by atoms with Crippen molar-refractivity contribution in [1.82, 2.24) is 21.1 Å². The fourth-order valence-electron chi connectivity index (χ4n) is 7.89. The molecule has 3 heterocycles. The van der Waals surface area contributed by atoms with Gasteiger partial charge in [-0.25, -0.2) is 5.43 Å². The third kappa shape index (κ3) is 5.61. The number of piperidine rings is 1. The molecule has 8 nitrogen and oxygen atoms in total. The van der Waals surface area contributed by atoms with Crippen LogP contribution in [0.1, 0.15) is 75.8 Å². The highest BCUT2D eigenvalue weighted by atomic mass is 16.5. The van der Waals surface area contributed by atoms with Gasteiger partial charge in [0, 0.05) is 55.9 Å². The number of aliphatic hydroxyl groups excluding tert-OH is 1. The summed E-state index contributed by atoms with van der Waals surface area (Å²) in [4.78, 5) is 18.5. The first-order chi connectivity index (χ1) is 18.6. The summed E-state index contributed by atoms with van der Waals surface area (Å²) in [6.45, 7) is 6.21. The van der Waals surface area contributed by atoms with Gasteiger partial charge >= 0.3 is 0 Å². The zero-order valence-electron chi connectivity index (χ0n) is 22.9. The van der Waals surface area contributed by atoms with Gasteiger partial charge in [0.2, 0.25) is 5.91 Å². The number of fused-ring (bicyclic) bond motifs is 1. The Morgan fingerprint density at radius 2 is 1.71 bits per heavy atom. The van der Waals surface area contributed by atoms with E-state index in [1.807, 2.05) is 0 Å². The molecule has 38 heavy (non-hydrogen) atoms. The minimum atomic E-state index is -0.153. The van der Waals surface area contributed by atoms with E-state index >= 15 is 0 Å². The number of hydrazine groups is 1. The topological polar surface area (TPSA) is 89.1 Å². The minimum absolute atomic E-state index is 0.0878. The van der Waals surface area contributed by atoms with Crippen LogP contribution in [0.3, 0.4) is 0 Å². The van der Waals surface area contributed by atoms with E-state index in [1.54, 1.807) is 0 Å². The molecular formula is C30H47N5O3. The average molecular weight is 526 g/mol. The normalized spacial score (nSPS) is 32.6. The molecule has 4 unspecified atom stereocenters. The molecule has 0 aromatic heterocycles. The Kier molecular flexibility index (Phi) is 8.23. The van der Waals surface area contributed by atoms with E-state index in [0.717, 1.165) is 78.0 Å². The summed E-state index contributed by atoms with van der Waals surface area (Å²) >= 11 is 0. The largest absolute Gasteiger partial charge is 0.393 e. The van der Waals surface area contributed by atoms with Crippen LogP contribution in [0.4, 0.5) is 5.69 Å². The third-order valence-electron chi connectivity index (χ3n) is 10.3. The molecular weight excluding hydrogens is 478 g/mol. The molecule has 4 atom stereocenters. The number of nitrogens with zero attached hydrogens (tertiary/aromatic N) is 2. The summed E-state index contributed by atoms with van der Waals surface area (Å²) in [5, 5.41) is 13.3. The summed E-state index contributed by atoms with van der Waals surface area (Å²) in [7, 11) is 0. The molecule has 5 aliphatic rings. The van der Waals surface area contributed by atoms with Crippen LogP contribution in [0.15, 0.2) is 24.3 Å². The van der Waals surface area contributed by atoms with Gasteiger partial charge in [-0.05, 0) is 68.6 Å². The summed E-state index contributed by atoms with van der Waals surface area (Å²) in [6.07, 6.45) is 10.7. The van der Waals surface area contributed by atoms with Gasteiger partial charge in [-0.2, -0.15) is 0 Å². The predicted octanol–water partition coefficient (Wildman–Crippen LogP) is 2.73. The van der Waals surface area contributed by atoms with Crippen molar-refractivity contribution in [2.24, 2.45) is 11.8 Å². The highest BCUT2D eigenvalue weighted by Crippen LogP contribution is 2.41. The molecule has 1 amide bonds. The van der Waals surface area contributed by atoms with Crippen LogP contribution >= 0.6 is 0 Å². The number of aliphatic hydroxyl groups is 1. The lowest BCUT2D eigenvalue weighted by molar-refractivity contribution is -0.127. The number of carbonyl (C=O) groups excluding carboxylic acids is 1. The molecule has 3 aliphatic heterocycles. The minimum Gasteiger partial charge on any atom is -0.393 e. The van der Waals surface area contributed by atoms with Crippen LogP contribution < -0.4 is 21.1 Å². The Labute approximate surface area is 227 Å². The molecule has 8 heteroatoms. The molecule has 1 aromatic rings. The van der Waals surface area contributed by atoms with E-state index in [4.69, 9.17) is 4.74 Å². The van der Waals surface area contributed by atoms with Crippen LogP contribution in [0.2, 0.25) is 0 Å². The Bertz CT molecular complexity index is 922. The van der Waals surface area contributed by atoms with Crippen LogP contribution in [-0.4, -0.2) is 79.5 Å². The lowest BCUT2D eigenvalue weighted by Gasteiger charge is -2.48. The van der Waals surface area contributed by atoms with Gasteiger partial charge < -0.3 is 20.1 Å². The predicted molar refractivity (Wildman–Crippen MR) is 149 cm³/mol. The number of morpholine rings is 1. The van der Waals surface area contributed by atoms with Gasteiger partial charge in [0.15, 0.2) is 0 Å². The molecule has 3 saturated heterocycles. The number of ether oxygens (including phenoxy) is 1. The van der Waals surface area contributed by atoms with Crippen molar-refractivity contribution in [2.45, 2.75) is 87.9 Å². The first kappa shape index (κ1) is 26.5. The van der Waals surface area contributed by atoms with Gasteiger partial charge in [0.05, 0.1) is 25.4 Å². The van der Waals surface area contributed by atoms with E-state index in [-0.39, 0.29) is 29.5 Å². The van der Waals surface area contributed by atoms with Crippen molar-refractivity contribution in [3.63, 3.8) is 0 Å². The van der Waals surface area contributed by atoms with Crippen molar-refractivity contribution in [3.05, 3.63) is 29.8 Å². The quantitative estimate of drug-likeness (QED) is 0.454. The molecule has 210 valence electrons. The van der Waals surface area contributed by atoms with Gasteiger partial charge in [-0.15, -0.1) is 0 Å². The van der Waals surface area contributed by atoms with E-state index in [1.165, 1.54) is 43.4 Å². The van der Waals surface area contributed by atoms with Crippen molar-refractivity contribution in [3.8, 4) is 0 Å². The van der Waals surface area contributed by atoms with Crippen LogP contribution in [0.25, 0.3) is 0 Å². The second kappa shape index (κ2) is 11.8. The molecule has 4 N–H and O–H groups in total. The number of rotatable bonds is 6. The Morgan fingerprint density at radius 1 is 0.974 bits per heavy atom. The van der Waals surface area contributed by atoms with Gasteiger partial charge in [0.1, 0.15) is 0 Å². The summed E-state index contributed by atoms with van der Waals surface area (Å²) in [5.74, 6) is 0.762. The van der Waals surface area contributed by atoms with Crippen LogP contribution in [0, 0.1) is 11.8 Å². The maximum absolute atomic E-state index is 13.5. The standard InChI is InChI=1S/C30H47N5O3/c36-25-10-14-34(15-11-25)24-7-4-22(5-8-24)28-26-20-23(6-9-27(26)32-33-28)29(37)31-21-30(12-2-1-3-13-30)35-16-18-38-19-17-35/h4-5,7-8,23,25-28,32-33,36H,1-3,6,9-21H2,(H,31,37). The summed E-state index contributed by atoms with van der Waals surface area (Å²) in [5.41, 5.74) is 9.75. The lowest BCUT2D eigenvalue weighted by atomic mass is 9.74. The highest BCUT2D eigenvalue weighted by molar-refractivity contribution is 5.79. The molecule has 5 fully saturated rings. The summed E-state index contributed by atoms with van der Waals surface area (Å²) < 4.78 is 5.63. The van der Waals surface area contributed by atoms with Gasteiger partial charge in [0.25, 0.3) is 0 Å². The summed E-state index contributed by atoms with van der Waals surface area (Å²) in [6, 6.07) is 9.60. The molecule has 2 saturated carbocycles. The van der Waals surface area contributed by atoms with E-state index in [0.29, 0.717) is 12.0 Å². The van der Waals surface area contributed by atoms with E-state index in [9.17, 15) is 9.90 Å². The first-order valence-electron chi connectivity index (χ1n) is 15.3. The number of carbonyl (C=O) groups is 1. The second-order valence-electron chi connectivity index (χ2n) is 12.5. The smallest absolute Gasteiger partial charge is 0.223 e. The van der Waals surface area contributed by atoms with Crippen molar-refractivity contribution in [2.75, 3.05) is 50.8 Å².